The van der Waals surface area contributed by atoms with Crippen LogP contribution in [0.25, 0.3) is 176 Å². The maximum absolute atomic E-state index is 2.39. The SMILES string of the molecule is c1ccc(-c2c(-c3ccc(N(c4ccc(-c5cccc(-c6cccc(-c7cc(-c8ccc(N(c9ccc(-c%10ccc(-c%11ccc%12ccccc%12c%11)cc%10)cc9)c9ccc(-c%10ccc%11ccccc%11c%10-c%10ccccc%10)cc9)cc8)c8ccccc8c7)c6)c5)cc4)c4ccc(-c5cccc6ccccc56)cc4)cc3)ccc3ccccc23)cc1. The molecule has 0 aromatic heterocycles. The van der Waals surface area contributed by atoms with Crippen LogP contribution in [0, 0.1) is 0 Å². The Bertz CT molecular complexity index is 7270. The van der Waals surface area contributed by atoms with Gasteiger partial charge in [-0.25, -0.2) is 0 Å². The standard InChI is InChI=1S/C116H78N2/c1-3-24-91(25-4-1)115-110-37-15-10-22-85(110)58-72-112(115)88-52-66-104(67-53-88)117(101-60-46-81(47-61-101)80-40-42-82(43-41-80)98-45-44-79-20-7-8-28-93(79)75-98)106-70-56-90(57-71-106)114-78-100(77-99-29-12-14-36-109(99)114)97-34-18-33-96(76-97)95-32-17-31-94(74-95)83-48-62-102(63-49-83)118(103-64-50-87(51-65-103)108-39-19-30-84-21-9-13-35-107(84)108)105-68-54-89(55-69-105)113-73-59-86-23-11-16-38-111(86)116(113)92-26-5-2-6-27-92/h1-78H. The molecular weight excluding hydrogens is 1420 g/mol. The molecule has 21 aromatic rings. The molecule has 0 fully saturated rings. The summed E-state index contributed by atoms with van der Waals surface area (Å²) in [6.07, 6.45) is 0. The number of rotatable bonds is 17. The molecule has 0 spiro atoms. The fraction of sp³-hybridized carbons (Fsp3) is 0. The molecule has 0 N–H and O–H groups in total. The summed E-state index contributed by atoms with van der Waals surface area (Å²) in [4.78, 5) is 4.77. The van der Waals surface area contributed by atoms with Gasteiger partial charge in [0.1, 0.15) is 0 Å². The monoisotopic (exact) mass is 1500 g/mol. The summed E-state index contributed by atoms with van der Waals surface area (Å²) < 4.78 is 0. The summed E-state index contributed by atoms with van der Waals surface area (Å²) in [5.41, 5.74) is 32.4. The van der Waals surface area contributed by atoms with Crippen LogP contribution in [0.3, 0.4) is 0 Å². The Labute approximate surface area is 688 Å². The third-order valence-corrected chi connectivity index (χ3v) is 23.7. The minimum absolute atomic E-state index is 1.06. The quantitative estimate of drug-likeness (QED) is 0.0896. The fourth-order valence-corrected chi connectivity index (χ4v) is 17.7. The smallest absolute Gasteiger partial charge is 0.0462 e. The lowest BCUT2D eigenvalue weighted by atomic mass is 9.89. The lowest BCUT2D eigenvalue weighted by Crippen LogP contribution is -2.09. The van der Waals surface area contributed by atoms with Gasteiger partial charge in [0, 0.05) is 34.1 Å². The minimum atomic E-state index is 1.06. The van der Waals surface area contributed by atoms with E-state index in [0.717, 1.165) is 89.8 Å². The van der Waals surface area contributed by atoms with E-state index < -0.39 is 0 Å². The van der Waals surface area contributed by atoms with Gasteiger partial charge in [0.05, 0.1) is 0 Å². The predicted molar refractivity (Wildman–Crippen MR) is 503 cm³/mol. The molecule has 2 heteroatoms. The van der Waals surface area contributed by atoms with E-state index in [9.17, 15) is 0 Å². The second-order valence-corrected chi connectivity index (χ2v) is 30.7. The second kappa shape index (κ2) is 30.8. The lowest BCUT2D eigenvalue weighted by molar-refractivity contribution is 1.28. The molecule has 0 atom stereocenters. The van der Waals surface area contributed by atoms with Crippen LogP contribution in [-0.2, 0) is 0 Å². The Balaban J connectivity index is 0.588. The zero-order valence-corrected chi connectivity index (χ0v) is 64.9. The number of hydrogen-bond donors (Lipinski definition) is 0. The maximum Gasteiger partial charge on any atom is 0.0462 e. The van der Waals surface area contributed by atoms with Crippen molar-refractivity contribution in [2.24, 2.45) is 0 Å². The molecule has 0 heterocycles. The normalized spacial score (nSPS) is 11.4. The van der Waals surface area contributed by atoms with Crippen LogP contribution in [0.15, 0.2) is 473 Å². The van der Waals surface area contributed by atoms with Crippen molar-refractivity contribution in [3.05, 3.63) is 473 Å². The largest absolute Gasteiger partial charge is 0.311 e. The van der Waals surface area contributed by atoms with Gasteiger partial charge in [0.15, 0.2) is 0 Å². The van der Waals surface area contributed by atoms with Crippen molar-refractivity contribution in [1.29, 1.82) is 0 Å². The van der Waals surface area contributed by atoms with E-state index in [1.165, 1.54) is 121 Å². The van der Waals surface area contributed by atoms with Crippen molar-refractivity contribution in [2.75, 3.05) is 9.80 Å². The van der Waals surface area contributed by atoms with Gasteiger partial charge in [-0.3, -0.25) is 0 Å². The highest BCUT2D eigenvalue weighted by molar-refractivity contribution is 6.07. The average Bonchev–Trinajstić information content (AvgIpc) is 0.773. The van der Waals surface area contributed by atoms with Crippen molar-refractivity contribution in [2.45, 2.75) is 0 Å². The summed E-state index contributed by atoms with van der Waals surface area (Å²) in [6.45, 7) is 0. The molecule has 0 aliphatic carbocycles. The summed E-state index contributed by atoms with van der Waals surface area (Å²) >= 11 is 0. The topological polar surface area (TPSA) is 6.48 Å². The molecule has 0 bridgehead atoms. The Morgan fingerprint density at radius 3 is 0.822 bits per heavy atom. The van der Waals surface area contributed by atoms with E-state index in [-0.39, 0.29) is 0 Å². The summed E-state index contributed by atoms with van der Waals surface area (Å²) in [5, 5.41) is 12.3. The third-order valence-electron chi connectivity index (χ3n) is 23.7. The highest BCUT2D eigenvalue weighted by Crippen LogP contribution is 2.47. The first-order valence-corrected chi connectivity index (χ1v) is 40.7. The molecule has 552 valence electrons. The molecule has 0 amide bonds. The van der Waals surface area contributed by atoms with E-state index >= 15 is 0 Å². The number of hydrogen-bond acceptors (Lipinski definition) is 2. The van der Waals surface area contributed by atoms with E-state index in [2.05, 4.69) is 483 Å². The van der Waals surface area contributed by atoms with Gasteiger partial charge in [0.25, 0.3) is 0 Å². The van der Waals surface area contributed by atoms with Crippen molar-refractivity contribution in [1.82, 2.24) is 0 Å². The summed E-state index contributed by atoms with van der Waals surface area (Å²) in [5.74, 6) is 0. The Morgan fingerprint density at radius 2 is 0.373 bits per heavy atom. The molecule has 21 aromatic carbocycles. The van der Waals surface area contributed by atoms with Crippen LogP contribution in [0.5, 0.6) is 0 Å². The zero-order chi connectivity index (χ0) is 78.2. The lowest BCUT2D eigenvalue weighted by Gasteiger charge is -2.26. The van der Waals surface area contributed by atoms with Gasteiger partial charge in [-0.2, -0.15) is 0 Å². The molecular formula is C116H78N2. The molecule has 0 radical (unpaired) electrons. The minimum Gasteiger partial charge on any atom is -0.311 e. The van der Waals surface area contributed by atoms with Gasteiger partial charge in [-0.05, 0) is 279 Å². The van der Waals surface area contributed by atoms with Gasteiger partial charge in [-0.15, -0.1) is 0 Å². The molecule has 0 unspecified atom stereocenters. The van der Waals surface area contributed by atoms with E-state index in [0.29, 0.717) is 0 Å². The van der Waals surface area contributed by atoms with Gasteiger partial charge in [0.2, 0.25) is 0 Å². The van der Waals surface area contributed by atoms with Crippen LogP contribution in [0.2, 0.25) is 0 Å². The van der Waals surface area contributed by atoms with Crippen molar-refractivity contribution in [3.8, 4) is 122 Å². The molecule has 2 nitrogen and oxygen atoms in total. The maximum atomic E-state index is 2.39. The van der Waals surface area contributed by atoms with Crippen molar-refractivity contribution >= 4 is 88.0 Å². The number of fused-ring (bicyclic) bond motifs is 5. The van der Waals surface area contributed by atoms with Crippen LogP contribution in [0.1, 0.15) is 0 Å². The highest BCUT2D eigenvalue weighted by Gasteiger charge is 2.21. The molecule has 21 rings (SSSR count). The molecule has 118 heavy (non-hydrogen) atoms. The van der Waals surface area contributed by atoms with Gasteiger partial charge < -0.3 is 9.80 Å². The van der Waals surface area contributed by atoms with Crippen LogP contribution >= 0.6 is 0 Å². The fourth-order valence-electron chi connectivity index (χ4n) is 17.7. The summed E-state index contributed by atoms with van der Waals surface area (Å²) in [6, 6.07) is 174. The Morgan fingerprint density at radius 1 is 0.110 bits per heavy atom. The average molecular weight is 1500 g/mol. The highest BCUT2D eigenvalue weighted by atomic mass is 15.1. The third kappa shape index (κ3) is 13.6. The molecule has 0 saturated carbocycles. The van der Waals surface area contributed by atoms with Crippen molar-refractivity contribution < 1.29 is 0 Å². The van der Waals surface area contributed by atoms with E-state index in [4.69, 9.17) is 0 Å². The molecule has 0 aliphatic rings. The van der Waals surface area contributed by atoms with Crippen LogP contribution in [0.4, 0.5) is 34.1 Å². The van der Waals surface area contributed by atoms with Gasteiger partial charge >= 0.3 is 0 Å². The van der Waals surface area contributed by atoms with E-state index in [1.54, 1.807) is 0 Å². The zero-order valence-electron chi connectivity index (χ0n) is 64.9. The molecule has 0 saturated heterocycles. The number of benzene rings is 21. The number of nitrogens with zero attached hydrogens (tertiary/aromatic N) is 2. The predicted octanol–water partition coefficient (Wildman–Crippen LogP) is 32.7. The van der Waals surface area contributed by atoms with E-state index in [1.807, 2.05) is 0 Å². The van der Waals surface area contributed by atoms with Crippen LogP contribution in [-0.4, -0.2) is 0 Å². The molecule has 0 aliphatic heterocycles. The van der Waals surface area contributed by atoms with Crippen LogP contribution < -0.4 is 9.80 Å². The Hall–Kier alpha value is -15.5. The Kier molecular flexibility index (Phi) is 18.4. The first-order valence-electron chi connectivity index (χ1n) is 40.7. The van der Waals surface area contributed by atoms with Gasteiger partial charge in [-0.1, -0.05) is 370 Å². The first-order chi connectivity index (χ1) is 58.5. The summed E-state index contributed by atoms with van der Waals surface area (Å²) in [7, 11) is 0. The number of anilines is 6. The van der Waals surface area contributed by atoms with Crippen molar-refractivity contribution in [3.63, 3.8) is 0 Å². The second-order valence-electron chi connectivity index (χ2n) is 30.7. The first kappa shape index (κ1) is 70.4.